The molecule has 0 aliphatic rings. The van der Waals surface area contributed by atoms with Crippen LogP contribution in [0.2, 0.25) is 0 Å². The Labute approximate surface area is 127 Å². The third-order valence-electron chi connectivity index (χ3n) is 3.34. The summed E-state index contributed by atoms with van der Waals surface area (Å²) >= 11 is 0. The molecule has 0 spiro atoms. The Bertz CT molecular complexity index is 706. The number of benzene rings is 2. The topological polar surface area (TPSA) is 24.9 Å². The highest BCUT2D eigenvalue weighted by molar-refractivity contribution is 5.49. The zero-order chi connectivity index (χ0) is 15.4. The van der Waals surface area contributed by atoms with E-state index in [9.17, 15) is 8.78 Å². The van der Waals surface area contributed by atoms with Gasteiger partial charge in [-0.1, -0.05) is 36.4 Å². The minimum Gasteiger partial charge on any atom is -0.370 e. The predicted molar refractivity (Wildman–Crippen MR) is 82.5 cm³/mol. The SMILES string of the molecule is Fc1ccc(F)c(NC(c2ccccc2)c2ccccn2)c1. The molecular weight excluding hydrogens is 282 g/mol. The van der Waals surface area contributed by atoms with Gasteiger partial charge in [0.2, 0.25) is 0 Å². The second kappa shape index (κ2) is 6.35. The number of aromatic nitrogens is 1. The van der Waals surface area contributed by atoms with E-state index in [0.29, 0.717) is 0 Å². The summed E-state index contributed by atoms with van der Waals surface area (Å²) in [5, 5.41) is 3.04. The highest BCUT2D eigenvalue weighted by Gasteiger charge is 2.17. The molecule has 2 aromatic carbocycles. The Hall–Kier alpha value is -2.75. The molecule has 1 atom stereocenters. The van der Waals surface area contributed by atoms with Gasteiger partial charge in [0, 0.05) is 6.20 Å². The number of hydrogen-bond acceptors (Lipinski definition) is 2. The number of rotatable bonds is 4. The van der Waals surface area contributed by atoms with Crippen molar-refractivity contribution in [1.29, 1.82) is 0 Å². The van der Waals surface area contributed by atoms with Crippen LogP contribution in [-0.4, -0.2) is 4.98 Å². The van der Waals surface area contributed by atoms with Crippen molar-refractivity contribution in [2.75, 3.05) is 5.32 Å². The average Bonchev–Trinajstić information content (AvgIpc) is 2.57. The van der Waals surface area contributed by atoms with Crippen LogP contribution < -0.4 is 5.32 Å². The van der Waals surface area contributed by atoms with Gasteiger partial charge >= 0.3 is 0 Å². The van der Waals surface area contributed by atoms with E-state index in [0.717, 1.165) is 29.5 Å². The van der Waals surface area contributed by atoms with E-state index in [-0.39, 0.29) is 11.7 Å². The van der Waals surface area contributed by atoms with Crippen LogP contribution in [0.4, 0.5) is 14.5 Å². The molecule has 1 heterocycles. The molecule has 22 heavy (non-hydrogen) atoms. The summed E-state index contributed by atoms with van der Waals surface area (Å²) in [6.45, 7) is 0. The van der Waals surface area contributed by atoms with E-state index in [1.807, 2.05) is 48.5 Å². The van der Waals surface area contributed by atoms with Crippen molar-refractivity contribution >= 4 is 5.69 Å². The zero-order valence-corrected chi connectivity index (χ0v) is 11.7. The largest absolute Gasteiger partial charge is 0.370 e. The first-order valence-electron chi connectivity index (χ1n) is 6.91. The van der Waals surface area contributed by atoms with Crippen LogP contribution in [0.15, 0.2) is 72.9 Å². The van der Waals surface area contributed by atoms with Gasteiger partial charge < -0.3 is 5.32 Å². The third kappa shape index (κ3) is 3.11. The molecule has 0 fully saturated rings. The first-order chi connectivity index (χ1) is 10.7. The molecule has 4 heteroatoms. The van der Waals surface area contributed by atoms with Crippen LogP contribution in [0.25, 0.3) is 0 Å². The molecular formula is C18H14F2N2. The van der Waals surface area contributed by atoms with E-state index in [1.165, 1.54) is 0 Å². The van der Waals surface area contributed by atoms with E-state index < -0.39 is 11.6 Å². The highest BCUT2D eigenvalue weighted by Crippen LogP contribution is 2.27. The Kier molecular flexibility index (Phi) is 4.10. The summed E-state index contributed by atoms with van der Waals surface area (Å²) < 4.78 is 27.3. The second-order valence-electron chi connectivity index (χ2n) is 4.87. The van der Waals surface area contributed by atoms with Gasteiger partial charge in [0.05, 0.1) is 17.4 Å². The maximum absolute atomic E-state index is 13.9. The molecule has 0 aliphatic heterocycles. The molecule has 2 nitrogen and oxygen atoms in total. The maximum atomic E-state index is 13.9. The number of nitrogens with zero attached hydrogens (tertiary/aromatic N) is 1. The summed E-state index contributed by atoms with van der Waals surface area (Å²) in [6, 6.07) is 18.1. The van der Waals surface area contributed by atoms with Gasteiger partial charge in [-0.05, 0) is 35.9 Å². The van der Waals surface area contributed by atoms with E-state index in [4.69, 9.17) is 0 Å². The molecule has 0 amide bonds. The number of pyridine rings is 1. The molecule has 1 unspecified atom stereocenters. The number of hydrogen-bond donors (Lipinski definition) is 1. The quantitative estimate of drug-likeness (QED) is 0.763. The van der Waals surface area contributed by atoms with Gasteiger partial charge in [0.15, 0.2) is 0 Å². The summed E-state index contributed by atoms with van der Waals surface area (Å²) in [7, 11) is 0. The van der Waals surface area contributed by atoms with Gasteiger partial charge in [-0.25, -0.2) is 8.78 Å². The number of halogens is 2. The highest BCUT2D eigenvalue weighted by atomic mass is 19.1. The maximum Gasteiger partial charge on any atom is 0.146 e. The van der Waals surface area contributed by atoms with Crippen LogP contribution in [0, 0.1) is 11.6 Å². The fraction of sp³-hybridized carbons (Fsp3) is 0.0556. The lowest BCUT2D eigenvalue weighted by Gasteiger charge is -2.20. The van der Waals surface area contributed by atoms with Crippen LogP contribution in [0.3, 0.4) is 0 Å². The number of anilines is 1. The van der Waals surface area contributed by atoms with Crippen molar-refractivity contribution in [3.8, 4) is 0 Å². The minimum absolute atomic E-state index is 0.111. The standard InChI is InChI=1S/C18H14F2N2/c19-14-9-10-15(20)17(12-14)22-18(13-6-2-1-3-7-13)16-8-4-5-11-21-16/h1-12,18,22H. The van der Waals surface area contributed by atoms with Crippen LogP contribution in [0.1, 0.15) is 17.3 Å². The van der Waals surface area contributed by atoms with E-state index in [2.05, 4.69) is 10.3 Å². The van der Waals surface area contributed by atoms with E-state index >= 15 is 0 Å². The zero-order valence-electron chi connectivity index (χ0n) is 11.7. The lowest BCUT2D eigenvalue weighted by atomic mass is 10.0. The first-order valence-corrected chi connectivity index (χ1v) is 6.91. The molecule has 0 saturated carbocycles. The lowest BCUT2D eigenvalue weighted by molar-refractivity contribution is 0.601. The molecule has 0 saturated heterocycles. The van der Waals surface area contributed by atoms with Crippen LogP contribution >= 0.6 is 0 Å². The van der Waals surface area contributed by atoms with Gasteiger partial charge in [0.1, 0.15) is 11.6 Å². The molecule has 0 bridgehead atoms. The van der Waals surface area contributed by atoms with Crippen molar-refractivity contribution in [2.24, 2.45) is 0 Å². The van der Waals surface area contributed by atoms with Crippen molar-refractivity contribution in [1.82, 2.24) is 4.98 Å². The molecule has 1 N–H and O–H groups in total. The van der Waals surface area contributed by atoms with Gasteiger partial charge in [-0.2, -0.15) is 0 Å². The molecule has 3 aromatic rings. The molecule has 0 radical (unpaired) electrons. The number of nitrogens with one attached hydrogen (secondary N) is 1. The Morgan fingerprint density at radius 1 is 0.864 bits per heavy atom. The molecule has 110 valence electrons. The van der Waals surface area contributed by atoms with E-state index in [1.54, 1.807) is 6.20 Å². The normalized spacial score (nSPS) is 11.9. The van der Waals surface area contributed by atoms with Crippen molar-refractivity contribution in [2.45, 2.75) is 6.04 Å². The molecule has 0 aliphatic carbocycles. The third-order valence-corrected chi connectivity index (χ3v) is 3.34. The first kappa shape index (κ1) is 14.2. The summed E-state index contributed by atoms with van der Waals surface area (Å²) in [5.41, 5.74) is 1.77. The Morgan fingerprint density at radius 2 is 1.64 bits per heavy atom. The Balaban J connectivity index is 2.01. The average molecular weight is 296 g/mol. The van der Waals surface area contributed by atoms with Crippen LogP contribution in [-0.2, 0) is 0 Å². The van der Waals surface area contributed by atoms with Gasteiger partial charge in [-0.3, -0.25) is 4.98 Å². The predicted octanol–water partition coefficient (Wildman–Crippen LogP) is 4.56. The van der Waals surface area contributed by atoms with Crippen molar-refractivity contribution in [3.05, 3.63) is 95.8 Å². The Morgan fingerprint density at radius 3 is 2.36 bits per heavy atom. The smallest absolute Gasteiger partial charge is 0.146 e. The fourth-order valence-corrected chi connectivity index (χ4v) is 2.28. The second-order valence-corrected chi connectivity index (χ2v) is 4.87. The monoisotopic (exact) mass is 296 g/mol. The minimum atomic E-state index is -0.502. The summed E-state index contributed by atoms with van der Waals surface area (Å²) in [5.74, 6) is -0.991. The van der Waals surface area contributed by atoms with Crippen LogP contribution in [0.5, 0.6) is 0 Å². The lowest BCUT2D eigenvalue weighted by Crippen LogP contribution is -2.14. The van der Waals surface area contributed by atoms with Gasteiger partial charge in [0.25, 0.3) is 0 Å². The van der Waals surface area contributed by atoms with Gasteiger partial charge in [-0.15, -0.1) is 0 Å². The molecule has 1 aromatic heterocycles. The molecule has 3 rings (SSSR count). The summed E-state index contributed by atoms with van der Waals surface area (Å²) in [6.07, 6.45) is 1.68. The fourth-order valence-electron chi connectivity index (χ4n) is 2.28. The summed E-state index contributed by atoms with van der Waals surface area (Å²) in [4.78, 5) is 4.33. The van der Waals surface area contributed by atoms with Crippen molar-refractivity contribution < 1.29 is 8.78 Å². The van der Waals surface area contributed by atoms with Crippen molar-refractivity contribution in [3.63, 3.8) is 0 Å².